The first kappa shape index (κ1) is 26.1. The van der Waals surface area contributed by atoms with Crippen molar-refractivity contribution in [3.8, 4) is 0 Å². The number of ether oxygens (including phenoxy) is 1. The Kier molecular flexibility index (Phi) is 7.97. The van der Waals surface area contributed by atoms with Crippen molar-refractivity contribution in [2.24, 2.45) is 0 Å². The number of hydrogen-bond acceptors (Lipinski definition) is 5. The van der Waals surface area contributed by atoms with Crippen LogP contribution in [0.1, 0.15) is 54.4 Å². The van der Waals surface area contributed by atoms with Crippen LogP contribution in [0.3, 0.4) is 0 Å². The third-order valence-electron chi connectivity index (χ3n) is 7.38. The zero-order valence-corrected chi connectivity index (χ0v) is 21.0. The van der Waals surface area contributed by atoms with E-state index in [0.717, 1.165) is 43.9 Å². The van der Waals surface area contributed by atoms with Crippen LogP contribution in [0.15, 0.2) is 42.5 Å². The lowest BCUT2D eigenvalue weighted by molar-refractivity contribution is -0.159. The molecule has 0 saturated carbocycles. The second-order valence-corrected chi connectivity index (χ2v) is 9.96. The molecule has 1 heterocycles. The first-order chi connectivity index (χ1) is 17.2. The van der Waals surface area contributed by atoms with Crippen LogP contribution in [0.2, 0.25) is 5.02 Å². The van der Waals surface area contributed by atoms with E-state index in [1.54, 1.807) is 0 Å². The van der Waals surface area contributed by atoms with Gasteiger partial charge >= 0.3 is 11.9 Å². The highest BCUT2D eigenvalue weighted by Crippen LogP contribution is 2.60. The molecule has 1 saturated heterocycles. The number of carboxylic acids is 2. The second kappa shape index (κ2) is 11.0. The Bertz CT molecular complexity index is 1130. The molecule has 0 spiro atoms. The van der Waals surface area contributed by atoms with E-state index in [1.165, 1.54) is 22.3 Å². The van der Waals surface area contributed by atoms with Gasteiger partial charge in [-0.05, 0) is 60.6 Å². The lowest BCUT2D eigenvalue weighted by atomic mass is 9.74. The molecule has 1 fully saturated rings. The number of amides is 1. The number of benzene rings is 2. The van der Waals surface area contributed by atoms with Crippen LogP contribution in [0.25, 0.3) is 0 Å². The Balaban J connectivity index is 0.000000455. The van der Waals surface area contributed by atoms with E-state index in [1.807, 2.05) is 13.0 Å². The van der Waals surface area contributed by atoms with Crippen molar-refractivity contribution in [3.63, 3.8) is 0 Å². The number of carboxylic acid groups (broad SMARTS) is 2. The summed E-state index contributed by atoms with van der Waals surface area (Å²) in [5.41, 5.74) is 5.89. The number of halogens is 1. The average Bonchev–Trinajstić information content (AvgIpc) is 3.36. The van der Waals surface area contributed by atoms with Crippen LogP contribution < -0.4 is 5.32 Å². The molecular formula is C27H31ClN2O6. The summed E-state index contributed by atoms with van der Waals surface area (Å²) in [5, 5.41) is 18.7. The van der Waals surface area contributed by atoms with E-state index in [9.17, 15) is 4.79 Å². The molecule has 2 aromatic rings. The lowest BCUT2D eigenvalue weighted by Gasteiger charge is -2.40. The van der Waals surface area contributed by atoms with Gasteiger partial charge in [-0.3, -0.25) is 4.79 Å². The third kappa shape index (κ3) is 5.26. The number of hydrogen-bond donors (Lipinski definition) is 3. The molecule has 1 aliphatic heterocycles. The molecule has 0 aromatic heterocycles. The maximum atomic E-state index is 12.0. The summed E-state index contributed by atoms with van der Waals surface area (Å²) in [4.78, 5) is 32.8. The molecule has 36 heavy (non-hydrogen) atoms. The minimum Gasteiger partial charge on any atom is -0.473 e. The molecule has 1 amide bonds. The number of nitrogens with zero attached hydrogens (tertiary/aromatic N) is 1. The van der Waals surface area contributed by atoms with Crippen molar-refractivity contribution in [2.75, 3.05) is 32.8 Å². The molecule has 0 unspecified atom stereocenters. The van der Waals surface area contributed by atoms with Crippen LogP contribution in [-0.2, 0) is 24.5 Å². The van der Waals surface area contributed by atoms with Crippen LogP contribution >= 0.6 is 11.6 Å². The predicted molar refractivity (Wildman–Crippen MR) is 135 cm³/mol. The van der Waals surface area contributed by atoms with E-state index < -0.39 is 11.9 Å². The fraction of sp³-hybridized carbons (Fsp3) is 0.444. The Morgan fingerprint density at radius 1 is 1.06 bits per heavy atom. The molecule has 2 aromatic carbocycles. The van der Waals surface area contributed by atoms with Gasteiger partial charge in [0.1, 0.15) is 6.61 Å². The summed E-state index contributed by atoms with van der Waals surface area (Å²) < 4.78 is 5.22. The quantitative estimate of drug-likeness (QED) is 0.507. The standard InChI is InChI=1S/C25H29ClN2O2.C2H2O4/c1-2-30-15-24(29)27-18-9-11-28(12-10-18)16-25-14-21(19-5-3-4-6-22(19)25)20-8-7-17(26)13-23(20)25;3-1(4)2(5)6/h3-8,13,18,21H,2,9-12,14-16H2,1H3,(H,27,29);(H,3,4)(H,5,6)/t21-,25-;/m0./s1. The van der Waals surface area contributed by atoms with Crippen molar-refractivity contribution in [1.29, 1.82) is 0 Å². The van der Waals surface area contributed by atoms with Gasteiger partial charge in [0.2, 0.25) is 5.91 Å². The van der Waals surface area contributed by atoms with Crippen molar-refractivity contribution >= 4 is 29.4 Å². The molecule has 2 atom stereocenters. The fourth-order valence-corrected chi connectivity index (χ4v) is 6.07. The highest BCUT2D eigenvalue weighted by Gasteiger charge is 2.53. The lowest BCUT2D eigenvalue weighted by Crippen LogP contribution is -2.49. The largest absolute Gasteiger partial charge is 0.473 e. The van der Waals surface area contributed by atoms with Gasteiger partial charge < -0.3 is 25.2 Å². The van der Waals surface area contributed by atoms with Crippen molar-refractivity contribution in [2.45, 2.75) is 43.6 Å². The van der Waals surface area contributed by atoms with E-state index in [2.05, 4.69) is 46.6 Å². The van der Waals surface area contributed by atoms with Crippen molar-refractivity contribution in [1.82, 2.24) is 10.2 Å². The zero-order chi connectivity index (χ0) is 25.9. The summed E-state index contributed by atoms with van der Waals surface area (Å²) >= 11 is 6.43. The Morgan fingerprint density at radius 2 is 1.72 bits per heavy atom. The molecule has 8 nitrogen and oxygen atoms in total. The van der Waals surface area contributed by atoms with E-state index in [0.29, 0.717) is 12.5 Å². The van der Waals surface area contributed by atoms with Crippen LogP contribution in [0.5, 0.6) is 0 Å². The van der Waals surface area contributed by atoms with E-state index >= 15 is 0 Å². The van der Waals surface area contributed by atoms with Gasteiger partial charge in [0.25, 0.3) is 0 Å². The summed E-state index contributed by atoms with van der Waals surface area (Å²) in [5.74, 6) is -3.16. The van der Waals surface area contributed by atoms with E-state index in [4.69, 9.17) is 36.1 Å². The Hall–Kier alpha value is -2.94. The monoisotopic (exact) mass is 514 g/mol. The molecule has 0 radical (unpaired) electrons. The van der Waals surface area contributed by atoms with Gasteiger partial charge in [0.05, 0.1) is 0 Å². The normalized spacial score (nSPS) is 22.2. The smallest absolute Gasteiger partial charge is 0.414 e. The molecule has 2 aliphatic carbocycles. The summed E-state index contributed by atoms with van der Waals surface area (Å²) in [7, 11) is 0. The van der Waals surface area contributed by atoms with Crippen molar-refractivity contribution < 1.29 is 29.3 Å². The second-order valence-electron chi connectivity index (χ2n) is 9.52. The van der Waals surface area contributed by atoms with Gasteiger partial charge in [-0.15, -0.1) is 0 Å². The zero-order valence-electron chi connectivity index (χ0n) is 20.2. The van der Waals surface area contributed by atoms with Crippen molar-refractivity contribution in [3.05, 3.63) is 69.7 Å². The maximum Gasteiger partial charge on any atom is 0.414 e. The van der Waals surface area contributed by atoms with Gasteiger partial charge in [-0.2, -0.15) is 0 Å². The molecule has 192 valence electrons. The first-order valence-electron chi connectivity index (χ1n) is 12.2. The molecule has 5 rings (SSSR count). The third-order valence-corrected chi connectivity index (χ3v) is 7.61. The number of aliphatic carboxylic acids is 2. The topological polar surface area (TPSA) is 116 Å². The SMILES string of the molecule is CCOCC(=O)NC1CCN(C[C@@]23C[C@@H](c4ccccc42)c2ccc(Cl)cc23)CC1.O=C(O)C(=O)O. The number of nitrogens with one attached hydrogen (secondary N) is 1. The number of carbonyl (C=O) groups excluding carboxylic acids is 1. The van der Waals surface area contributed by atoms with Crippen LogP contribution in [0, 0.1) is 0 Å². The summed E-state index contributed by atoms with van der Waals surface area (Å²) in [6.45, 7) is 5.67. The summed E-state index contributed by atoms with van der Waals surface area (Å²) in [6, 6.07) is 15.7. The number of fused-ring (bicyclic) bond motifs is 8. The maximum absolute atomic E-state index is 12.0. The first-order valence-corrected chi connectivity index (χ1v) is 12.6. The van der Waals surface area contributed by atoms with Gasteiger partial charge in [-0.1, -0.05) is 41.9 Å². The minimum atomic E-state index is -1.82. The molecular weight excluding hydrogens is 484 g/mol. The molecule has 2 bridgehead atoms. The van der Waals surface area contributed by atoms with Crippen LogP contribution in [0.4, 0.5) is 0 Å². The summed E-state index contributed by atoms with van der Waals surface area (Å²) in [6.07, 6.45) is 3.12. The van der Waals surface area contributed by atoms with E-state index in [-0.39, 0.29) is 24.0 Å². The number of carbonyl (C=O) groups is 3. The molecule has 3 aliphatic rings. The average molecular weight is 515 g/mol. The molecule has 9 heteroatoms. The predicted octanol–water partition coefficient (Wildman–Crippen LogP) is 3.25. The minimum absolute atomic E-state index is 0.000757. The van der Waals surface area contributed by atoms with Crippen LogP contribution in [-0.4, -0.2) is 71.8 Å². The highest BCUT2D eigenvalue weighted by molar-refractivity contribution is 6.30. The number of likely N-dealkylation sites (tertiary alicyclic amines) is 1. The van der Waals surface area contributed by atoms with Gasteiger partial charge in [-0.25, -0.2) is 9.59 Å². The molecule has 3 N–H and O–H groups in total. The Morgan fingerprint density at radius 3 is 2.39 bits per heavy atom. The van der Waals surface area contributed by atoms with Gasteiger partial charge in [0.15, 0.2) is 0 Å². The Labute approximate surface area is 215 Å². The number of rotatable bonds is 6. The highest BCUT2D eigenvalue weighted by atomic mass is 35.5. The fourth-order valence-electron chi connectivity index (χ4n) is 5.90. The van der Waals surface area contributed by atoms with Gasteiger partial charge in [0, 0.05) is 48.6 Å². The number of piperidine rings is 1.